The van der Waals surface area contributed by atoms with Crippen LogP contribution in [0, 0.1) is 18.3 Å². The zero-order valence-electron chi connectivity index (χ0n) is 21.0. The fourth-order valence-electron chi connectivity index (χ4n) is 3.86. The molecule has 1 saturated heterocycles. The Labute approximate surface area is 214 Å². The first-order valence-corrected chi connectivity index (χ1v) is 12.1. The van der Waals surface area contributed by atoms with E-state index < -0.39 is 0 Å². The second-order valence-corrected chi connectivity index (χ2v) is 9.12. The number of rotatable bonds is 5. The molecule has 0 aromatic carbocycles. The summed E-state index contributed by atoms with van der Waals surface area (Å²) in [6.45, 7) is 11.8. The first-order valence-electron chi connectivity index (χ1n) is 11.2. The number of aromatic amines is 1. The van der Waals surface area contributed by atoms with Crippen LogP contribution in [0.15, 0.2) is 29.9 Å². The lowest BCUT2D eigenvalue weighted by molar-refractivity contribution is -0.0987. The molecule has 36 heavy (non-hydrogen) atoms. The van der Waals surface area contributed by atoms with Gasteiger partial charge in [-0.15, -0.1) is 11.3 Å². The number of likely N-dealkylation sites (N-methyl/N-ethyl adjacent to an activating group) is 1. The first kappa shape index (κ1) is 28.3. The molecule has 4 aromatic heterocycles. The van der Waals surface area contributed by atoms with Crippen molar-refractivity contribution in [2.45, 2.75) is 39.2 Å². The topological polar surface area (TPSA) is 145 Å². The molecular formula is C24H31N9O2S. The van der Waals surface area contributed by atoms with Crippen LogP contribution in [0.3, 0.4) is 0 Å². The summed E-state index contributed by atoms with van der Waals surface area (Å²) in [5.41, 5.74) is 3.30. The highest BCUT2D eigenvalue weighted by atomic mass is 32.1. The summed E-state index contributed by atoms with van der Waals surface area (Å²) in [5.74, 6) is 1.16. The summed E-state index contributed by atoms with van der Waals surface area (Å²) in [7, 11) is 2.05. The second kappa shape index (κ2) is 13.2. The van der Waals surface area contributed by atoms with E-state index in [4.69, 9.17) is 14.6 Å². The number of anilines is 2. The van der Waals surface area contributed by atoms with Crippen molar-refractivity contribution in [3.8, 4) is 17.3 Å². The van der Waals surface area contributed by atoms with E-state index in [-0.39, 0.29) is 5.54 Å². The molecule has 0 radical (unpaired) electrons. The lowest BCUT2D eigenvalue weighted by Crippen LogP contribution is -2.61. The van der Waals surface area contributed by atoms with Crippen molar-refractivity contribution in [1.29, 1.82) is 5.26 Å². The molecule has 5 heterocycles. The largest absolute Gasteiger partial charge is 0.307 e. The Kier molecular flexibility index (Phi) is 10.4. The van der Waals surface area contributed by atoms with Gasteiger partial charge in [-0.25, -0.2) is 9.97 Å². The standard InChI is InChI=1S/C19H19N9S.C3H8.2CH2O/c1-12-7-15(26-25-12)23-18-22-14-3-6-29-17(14)16(24-18)13-8-21-28(9-13)19(4-5-20)10-27(2)11-19;1-3-2;2*1-2/h3,6-9H,4,10-11H2,1-2H3,(H2,22,23,24,25,26);3H2,1-2H3;2*1H2. The third-order valence-corrected chi connectivity index (χ3v) is 6.04. The fourth-order valence-corrected chi connectivity index (χ4v) is 4.70. The maximum atomic E-state index is 9.28. The van der Waals surface area contributed by atoms with Crippen LogP contribution in [0.25, 0.3) is 21.5 Å². The van der Waals surface area contributed by atoms with E-state index in [2.05, 4.69) is 50.4 Å². The van der Waals surface area contributed by atoms with Gasteiger partial charge in [0.25, 0.3) is 0 Å². The average Bonchev–Trinajstić information content (AvgIpc) is 3.62. The predicted octanol–water partition coefficient (Wildman–Crippen LogP) is 3.93. The summed E-state index contributed by atoms with van der Waals surface area (Å²) >= 11 is 1.60. The molecule has 0 bridgehead atoms. The van der Waals surface area contributed by atoms with Crippen LogP contribution >= 0.6 is 11.3 Å². The number of likely N-dealkylation sites (tertiary alicyclic amines) is 1. The molecule has 1 aliphatic heterocycles. The summed E-state index contributed by atoms with van der Waals surface area (Å²) in [6.07, 6.45) is 5.50. The molecule has 190 valence electrons. The minimum Gasteiger partial charge on any atom is -0.307 e. The number of hydrogen-bond acceptors (Lipinski definition) is 10. The van der Waals surface area contributed by atoms with Crippen molar-refractivity contribution in [1.82, 2.24) is 34.8 Å². The number of aromatic nitrogens is 6. The number of nitrogens with one attached hydrogen (secondary N) is 2. The minimum absolute atomic E-state index is 0.267. The zero-order chi connectivity index (χ0) is 26.7. The molecular weight excluding hydrogens is 478 g/mol. The molecule has 0 unspecified atom stereocenters. The third kappa shape index (κ3) is 6.18. The molecule has 4 aromatic rings. The first-order chi connectivity index (χ1) is 17.5. The van der Waals surface area contributed by atoms with E-state index >= 15 is 0 Å². The van der Waals surface area contributed by atoms with E-state index in [9.17, 15) is 5.26 Å². The Morgan fingerprint density at radius 1 is 1.25 bits per heavy atom. The van der Waals surface area contributed by atoms with Crippen LogP contribution in [-0.4, -0.2) is 68.6 Å². The van der Waals surface area contributed by atoms with E-state index in [1.165, 1.54) is 6.42 Å². The lowest BCUT2D eigenvalue weighted by Gasteiger charge is -2.47. The summed E-state index contributed by atoms with van der Waals surface area (Å²) in [5, 5.41) is 26.2. The van der Waals surface area contributed by atoms with E-state index in [1.807, 2.05) is 62.1 Å². The van der Waals surface area contributed by atoms with Gasteiger partial charge in [0.2, 0.25) is 5.95 Å². The number of carbonyl (C=O) groups is 2. The van der Waals surface area contributed by atoms with Gasteiger partial charge in [0.1, 0.15) is 19.1 Å². The molecule has 11 nitrogen and oxygen atoms in total. The fraction of sp³-hybridized carbons (Fsp3) is 0.375. The van der Waals surface area contributed by atoms with Crippen LogP contribution < -0.4 is 5.32 Å². The Balaban J connectivity index is 0.000000596. The Hall–Kier alpha value is -3.95. The number of carbonyl (C=O) groups excluding carboxylic acids is 2. The average molecular weight is 510 g/mol. The van der Waals surface area contributed by atoms with Crippen LogP contribution in [0.2, 0.25) is 0 Å². The smallest absolute Gasteiger partial charge is 0.229 e. The van der Waals surface area contributed by atoms with Gasteiger partial charge in [-0.1, -0.05) is 20.3 Å². The minimum atomic E-state index is -0.267. The van der Waals surface area contributed by atoms with Crippen LogP contribution in [0.1, 0.15) is 32.4 Å². The number of H-pyrrole nitrogens is 1. The van der Waals surface area contributed by atoms with E-state index in [0.717, 1.165) is 40.3 Å². The molecule has 0 amide bonds. The van der Waals surface area contributed by atoms with Crippen molar-refractivity contribution in [3.05, 3.63) is 35.6 Å². The molecule has 5 rings (SSSR count). The Morgan fingerprint density at radius 2 is 1.94 bits per heavy atom. The van der Waals surface area contributed by atoms with Crippen molar-refractivity contribution >= 4 is 46.9 Å². The molecule has 0 spiro atoms. The second-order valence-electron chi connectivity index (χ2n) is 8.20. The van der Waals surface area contributed by atoms with Crippen LogP contribution in [0.4, 0.5) is 11.8 Å². The molecule has 2 N–H and O–H groups in total. The Bertz CT molecular complexity index is 1280. The van der Waals surface area contributed by atoms with Gasteiger partial charge >= 0.3 is 0 Å². The summed E-state index contributed by atoms with van der Waals surface area (Å²) in [4.78, 5) is 27.5. The molecule has 0 saturated carbocycles. The van der Waals surface area contributed by atoms with E-state index in [0.29, 0.717) is 18.2 Å². The van der Waals surface area contributed by atoms with Crippen molar-refractivity contribution in [2.75, 3.05) is 25.5 Å². The maximum Gasteiger partial charge on any atom is 0.229 e. The molecule has 1 aliphatic rings. The van der Waals surface area contributed by atoms with E-state index in [1.54, 1.807) is 11.3 Å². The van der Waals surface area contributed by atoms with Gasteiger partial charge in [-0.05, 0) is 25.4 Å². The summed E-state index contributed by atoms with van der Waals surface area (Å²) < 4.78 is 2.94. The molecule has 12 heteroatoms. The van der Waals surface area contributed by atoms with Gasteiger partial charge in [0, 0.05) is 36.6 Å². The number of hydrogen-bond donors (Lipinski definition) is 2. The van der Waals surface area contributed by atoms with Gasteiger partial charge < -0.3 is 19.8 Å². The monoisotopic (exact) mass is 509 g/mol. The maximum absolute atomic E-state index is 9.28. The Morgan fingerprint density at radius 3 is 2.53 bits per heavy atom. The highest BCUT2D eigenvalue weighted by Crippen LogP contribution is 2.35. The number of nitrogens with zero attached hydrogens (tertiary/aromatic N) is 7. The van der Waals surface area contributed by atoms with Crippen molar-refractivity contribution in [2.24, 2.45) is 0 Å². The molecule has 0 aliphatic carbocycles. The van der Waals surface area contributed by atoms with Gasteiger partial charge in [0.05, 0.1) is 34.6 Å². The summed E-state index contributed by atoms with van der Waals surface area (Å²) in [6, 6.07) is 6.19. The lowest BCUT2D eigenvalue weighted by atomic mass is 9.87. The van der Waals surface area contributed by atoms with Gasteiger partial charge in [0.15, 0.2) is 5.82 Å². The van der Waals surface area contributed by atoms with Crippen LogP contribution in [0.5, 0.6) is 0 Å². The van der Waals surface area contributed by atoms with Crippen molar-refractivity contribution in [3.63, 3.8) is 0 Å². The highest BCUT2D eigenvalue weighted by molar-refractivity contribution is 7.17. The molecule has 0 atom stereocenters. The van der Waals surface area contributed by atoms with Crippen molar-refractivity contribution < 1.29 is 9.59 Å². The molecule has 1 fully saturated rings. The number of aryl methyl sites for hydroxylation is 1. The normalized spacial score (nSPS) is 13.5. The highest BCUT2D eigenvalue weighted by Gasteiger charge is 2.43. The quantitative estimate of drug-likeness (QED) is 0.408. The third-order valence-electron chi connectivity index (χ3n) is 5.13. The van der Waals surface area contributed by atoms with Gasteiger partial charge in [-0.3, -0.25) is 9.78 Å². The predicted molar refractivity (Wildman–Crippen MR) is 141 cm³/mol. The number of nitriles is 1. The zero-order valence-corrected chi connectivity index (χ0v) is 21.8. The number of thiophene rings is 1. The number of fused-ring (bicyclic) bond motifs is 1. The van der Waals surface area contributed by atoms with Crippen LogP contribution in [-0.2, 0) is 15.1 Å². The SMILES string of the molecule is C=O.C=O.CCC.Cc1cc(Nc2nc(-c3cnn(C4(CC#N)CN(C)C4)c3)c3sccc3n2)n[nH]1. The van der Waals surface area contributed by atoms with Gasteiger partial charge in [-0.2, -0.15) is 15.5 Å².